The monoisotopic (exact) mass is 360 g/mol. The van der Waals surface area contributed by atoms with E-state index in [9.17, 15) is 9.59 Å². The van der Waals surface area contributed by atoms with E-state index in [4.69, 9.17) is 5.73 Å². The number of nitrogen functional groups attached to an aromatic ring is 1. The Labute approximate surface area is 137 Å². The fraction of sp³-hybridized carbons (Fsp3) is 0.294. The van der Waals surface area contributed by atoms with Crippen LogP contribution in [0.5, 0.6) is 0 Å². The van der Waals surface area contributed by atoms with Crippen molar-refractivity contribution >= 4 is 27.5 Å². The Morgan fingerprint density at radius 3 is 2.41 bits per heavy atom. The average Bonchev–Trinajstić information content (AvgIpc) is 2.38. The topological polar surface area (TPSA) is 65.1 Å². The number of fused-ring (bicyclic) bond motifs is 1. The number of aromatic nitrogens is 1. The van der Waals surface area contributed by atoms with Crippen LogP contribution in [0.1, 0.15) is 36.3 Å². The second kappa shape index (κ2) is 5.09. The van der Waals surface area contributed by atoms with Crippen LogP contribution >= 0.6 is 15.9 Å². The van der Waals surface area contributed by atoms with Gasteiger partial charge in [-0.1, -0.05) is 29.8 Å². The van der Waals surface area contributed by atoms with E-state index in [-0.39, 0.29) is 22.2 Å². The van der Waals surface area contributed by atoms with Gasteiger partial charge < -0.3 is 5.73 Å². The maximum atomic E-state index is 12.4. The number of hydrogen-bond donors (Lipinski definition) is 1. The number of carbonyl (C=O) groups is 1. The molecule has 0 atom stereocenters. The molecule has 0 bridgehead atoms. The molecule has 0 radical (unpaired) electrons. The van der Waals surface area contributed by atoms with E-state index in [1.165, 1.54) is 6.07 Å². The summed E-state index contributed by atoms with van der Waals surface area (Å²) in [7, 11) is 0. The predicted molar refractivity (Wildman–Crippen MR) is 90.6 cm³/mol. The number of rotatable bonds is 1. The molecule has 1 aliphatic carbocycles. The van der Waals surface area contributed by atoms with Gasteiger partial charge in [-0.05, 0) is 36.1 Å². The fourth-order valence-corrected chi connectivity index (χ4v) is 3.34. The Kier molecular flexibility index (Phi) is 3.48. The molecule has 3 rings (SSSR count). The number of halogens is 1. The molecule has 2 N–H and O–H groups in total. The largest absolute Gasteiger partial charge is 0.385 e. The molecule has 0 saturated heterocycles. The lowest BCUT2D eigenvalue weighted by Crippen LogP contribution is -2.35. The minimum atomic E-state index is -0.277. The first-order chi connectivity index (χ1) is 10.3. The molecule has 1 aromatic heterocycles. The average molecular weight is 361 g/mol. The van der Waals surface area contributed by atoms with Crippen LogP contribution in [0, 0.1) is 5.41 Å². The van der Waals surface area contributed by atoms with Crippen LogP contribution < -0.4 is 11.2 Å². The molecule has 1 heterocycles. The first-order valence-electron chi connectivity index (χ1n) is 7.12. The summed E-state index contributed by atoms with van der Waals surface area (Å²) in [5.74, 6) is 0.263. The van der Waals surface area contributed by atoms with Crippen molar-refractivity contribution in [1.29, 1.82) is 0 Å². The number of hydrogen-bond acceptors (Lipinski definition) is 3. The molecule has 0 spiro atoms. The number of nitrogens with zero attached hydrogens (tertiary/aromatic N) is 1. The summed E-state index contributed by atoms with van der Waals surface area (Å²) >= 11 is 3.41. The van der Waals surface area contributed by atoms with Crippen molar-refractivity contribution in [2.24, 2.45) is 5.41 Å². The lowest BCUT2D eigenvalue weighted by molar-refractivity contribution is 0.0908. The first-order valence-corrected chi connectivity index (χ1v) is 7.91. The Bertz CT molecular complexity index is 820. The molecule has 0 unspecified atom stereocenters. The summed E-state index contributed by atoms with van der Waals surface area (Å²) in [5.41, 5.74) is 7.49. The zero-order chi connectivity index (χ0) is 16.1. The van der Waals surface area contributed by atoms with Gasteiger partial charge in [-0.15, -0.1) is 0 Å². The van der Waals surface area contributed by atoms with Crippen LogP contribution in [0.4, 0.5) is 5.82 Å². The number of carbonyl (C=O) groups excluding carboxylic acids is 1. The third-order valence-electron chi connectivity index (χ3n) is 3.99. The molecule has 5 heteroatoms. The lowest BCUT2D eigenvalue weighted by atomic mass is 9.75. The van der Waals surface area contributed by atoms with Gasteiger partial charge in [-0.3, -0.25) is 14.2 Å². The molecule has 0 saturated carbocycles. The summed E-state index contributed by atoms with van der Waals surface area (Å²) < 4.78 is 2.78. The van der Waals surface area contributed by atoms with E-state index < -0.39 is 0 Å². The van der Waals surface area contributed by atoms with Crippen molar-refractivity contribution in [1.82, 2.24) is 4.57 Å². The summed E-state index contributed by atoms with van der Waals surface area (Å²) in [5, 5.41) is 0. The van der Waals surface area contributed by atoms with Crippen LogP contribution in [-0.2, 0) is 6.42 Å². The Morgan fingerprint density at radius 1 is 1.14 bits per heavy atom. The maximum absolute atomic E-state index is 12.4. The highest BCUT2D eigenvalue weighted by Crippen LogP contribution is 2.35. The molecule has 4 nitrogen and oxygen atoms in total. The van der Waals surface area contributed by atoms with Crippen molar-refractivity contribution in [2.45, 2.75) is 26.7 Å². The van der Waals surface area contributed by atoms with E-state index in [0.717, 1.165) is 10.2 Å². The number of pyridine rings is 1. The van der Waals surface area contributed by atoms with Crippen molar-refractivity contribution in [3.63, 3.8) is 0 Å². The number of anilines is 1. The smallest absolute Gasteiger partial charge is 0.194 e. The molecule has 0 fully saturated rings. The molecule has 2 aromatic rings. The molecule has 22 heavy (non-hydrogen) atoms. The van der Waals surface area contributed by atoms with Gasteiger partial charge in [0.1, 0.15) is 5.82 Å². The third-order valence-corrected chi connectivity index (χ3v) is 4.52. The van der Waals surface area contributed by atoms with Crippen molar-refractivity contribution in [3.8, 4) is 5.69 Å². The molecule has 1 aliphatic rings. The molecule has 0 amide bonds. The zero-order valence-electron chi connectivity index (χ0n) is 12.5. The highest BCUT2D eigenvalue weighted by Gasteiger charge is 2.35. The van der Waals surface area contributed by atoms with Crippen LogP contribution in [0.25, 0.3) is 5.69 Å². The zero-order valence-corrected chi connectivity index (χ0v) is 14.1. The predicted octanol–water partition coefficient (Wildman–Crippen LogP) is 3.34. The standard InChI is InChI=1S/C17H17BrN2O2/c1-17(2)8-12-16(14(22)9-17)13(21)7-15(19)20(12)11-5-3-10(18)4-6-11/h3-7H,8-9,19H2,1-2H3. The summed E-state index contributed by atoms with van der Waals surface area (Å²) in [6, 6.07) is 9.00. The van der Waals surface area contributed by atoms with E-state index in [2.05, 4.69) is 15.9 Å². The van der Waals surface area contributed by atoms with Crippen LogP contribution in [0.2, 0.25) is 0 Å². The van der Waals surface area contributed by atoms with Crippen LogP contribution in [-0.4, -0.2) is 10.4 Å². The fourth-order valence-electron chi connectivity index (χ4n) is 3.08. The molecule has 114 valence electrons. The summed E-state index contributed by atoms with van der Waals surface area (Å²) in [6.07, 6.45) is 1.03. The maximum Gasteiger partial charge on any atom is 0.194 e. The molecular weight excluding hydrogens is 344 g/mol. The van der Waals surface area contributed by atoms with E-state index in [1.807, 2.05) is 42.7 Å². The van der Waals surface area contributed by atoms with Crippen LogP contribution in [0.15, 0.2) is 39.6 Å². The van der Waals surface area contributed by atoms with Gasteiger partial charge in [0, 0.05) is 28.3 Å². The minimum Gasteiger partial charge on any atom is -0.385 e. The normalized spacial score (nSPS) is 16.4. The van der Waals surface area contributed by atoms with Gasteiger partial charge in [-0.2, -0.15) is 0 Å². The second-order valence-corrected chi connectivity index (χ2v) is 7.42. The number of benzene rings is 1. The summed E-state index contributed by atoms with van der Waals surface area (Å²) in [6.45, 7) is 4.07. The number of Topliss-reactive ketones (excluding diaryl/α,β-unsaturated/α-hetero) is 1. The number of nitrogens with two attached hydrogens (primary N) is 1. The highest BCUT2D eigenvalue weighted by molar-refractivity contribution is 9.10. The van der Waals surface area contributed by atoms with Gasteiger partial charge in [0.25, 0.3) is 0 Å². The van der Waals surface area contributed by atoms with Crippen molar-refractivity contribution in [3.05, 3.63) is 56.3 Å². The van der Waals surface area contributed by atoms with E-state index in [0.29, 0.717) is 24.4 Å². The van der Waals surface area contributed by atoms with Crippen molar-refractivity contribution in [2.75, 3.05) is 5.73 Å². The molecule has 0 aliphatic heterocycles. The third kappa shape index (κ3) is 2.50. The van der Waals surface area contributed by atoms with Gasteiger partial charge in [0.15, 0.2) is 11.2 Å². The minimum absolute atomic E-state index is 0.0953. The second-order valence-electron chi connectivity index (χ2n) is 6.51. The first kappa shape index (κ1) is 15.0. The van der Waals surface area contributed by atoms with Gasteiger partial charge in [0.2, 0.25) is 0 Å². The number of ketones is 1. The van der Waals surface area contributed by atoms with Gasteiger partial charge >= 0.3 is 0 Å². The van der Waals surface area contributed by atoms with Crippen LogP contribution in [0.3, 0.4) is 0 Å². The van der Waals surface area contributed by atoms with Crippen molar-refractivity contribution < 1.29 is 4.79 Å². The quantitative estimate of drug-likeness (QED) is 0.847. The molecule has 1 aromatic carbocycles. The SMILES string of the molecule is CC1(C)CC(=O)c2c(n(-c3ccc(Br)cc3)c(N)cc2=O)C1. The van der Waals surface area contributed by atoms with E-state index in [1.54, 1.807) is 0 Å². The van der Waals surface area contributed by atoms with Gasteiger partial charge in [0.05, 0.1) is 5.56 Å². The Morgan fingerprint density at radius 2 is 1.77 bits per heavy atom. The van der Waals surface area contributed by atoms with Gasteiger partial charge in [-0.25, -0.2) is 0 Å². The van der Waals surface area contributed by atoms with E-state index >= 15 is 0 Å². The lowest BCUT2D eigenvalue weighted by Gasteiger charge is -2.32. The Balaban J connectivity index is 2.32. The molecular formula is C17H17BrN2O2. The Hall–Kier alpha value is -1.88. The highest BCUT2D eigenvalue weighted by atomic mass is 79.9. The summed E-state index contributed by atoms with van der Waals surface area (Å²) in [4.78, 5) is 24.6.